The molecule has 0 aliphatic carbocycles. The summed E-state index contributed by atoms with van der Waals surface area (Å²) in [5, 5.41) is 12.1. The Labute approximate surface area is 121 Å². The lowest BCUT2D eigenvalue weighted by Gasteiger charge is -2.31. The number of anilines is 1. The van der Waals surface area contributed by atoms with E-state index in [-0.39, 0.29) is 24.0 Å². The minimum Gasteiger partial charge on any atom is -0.396 e. The summed E-state index contributed by atoms with van der Waals surface area (Å²) in [6.45, 7) is 6.25. The summed E-state index contributed by atoms with van der Waals surface area (Å²) in [6.07, 6.45) is 0.561. The lowest BCUT2D eigenvalue weighted by molar-refractivity contribution is 0.0885. The fourth-order valence-corrected chi connectivity index (χ4v) is 2.00. The quantitative estimate of drug-likeness (QED) is 0.869. The van der Waals surface area contributed by atoms with Crippen molar-refractivity contribution in [3.8, 4) is 0 Å². The predicted octanol–water partition coefficient (Wildman–Crippen LogP) is 2.28. The fraction of sp³-hybridized carbons (Fsp3) is 0.562. The normalized spacial score (nSPS) is 12.9. The molecule has 0 spiro atoms. The van der Waals surface area contributed by atoms with Gasteiger partial charge in [-0.1, -0.05) is 20.8 Å². The van der Waals surface area contributed by atoms with Crippen LogP contribution in [0.25, 0.3) is 0 Å². The Morgan fingerprint density at radius 2 is 1.80 bits per heavy atom. The second-order valence-corrected chi connectivity index (χ2v) is 6.35. The summed E-state index contributed by atoms with van der Waals surface area (Å²) in [6, 6.07) is 7.45. The highest BCUT2D eigenvalue weighted by Crippen LogP contribution is 2.22. The Kier molecular flexibility index (Phi) is 5.57. The number of benzene rings is 1. The van der Waals surface area contributed by atoms with Crippen LogP contribution in [0.3, 0.4) is 0 Å². The Hall–Kier alpha value is -1.55. The lowest BCUT2D eigenvalue weighted by atomic mass is 9.85. The van der Waals surface area contributed by atoms with Crippen LogP contribution in [-0.2, 0) is 0 Å². The highest BCUT2D eigenvalue weighted by Gasteiger charge is 2.25. The van der Waals surface area contributed by atoms with Crippen molar-refractivity contribution in [2.24, 2.45) is 5.41 Å². The van der Waals surface area contributed by atoms with E-state index in [4.69, 9.17) is 5.11 Å². The van der Waals surface area contributed by atoms with Crippen LogP contribution in [0.15, 0.2) is 24.3 Å². The third kappa shape index (κ3) is 4.53. The van der Waals surface area contributed by atoms with Gasteiger partial charge in [-0.2, -0.15) is 0 Å². The molecule has 0 radical (unpaired) electrons. The Balaban J connectivity index is 2.78. The molecule has 20 heavy (non-hydrogen) atoms. The molecule has 0 heterocycles. The summed E-state index contributed by atoms with van der Waals surface area (Å²) < 4.78 is 0. The van der Waals surface area contributed by atoms with Gasteiger partial charge in [0.2, 0.25) is 0 Å². The van der Waals surface area contributed by atoms with E-state index in [1.54, 1.807) is 0 Å². The van der Waals surface area contributed by atoms with Crippen molar-refractivity contribution in [3.63, 3.8) is 0 Å². The van der Waals surface area contributed by atoms with E-state index in [1.165, 1.54) is 0 Å². The molecule has 2 N–H and O–H groups in total. The summed E-state index contributed by atoms with van der Waals surface area (Å²) in [4.78, 5) is 14.2. The van der Waals surface area contributed by atoms with Crippen molar-refractivity contribution in [2.45, 2.75) is 33.2 Å². The van der Waals surface area contributed by atoms with Crippen LogP contribution in [0.5, 0.6) is 0 Å². The fourth-order valence-electron chi connectivity index (χ4n) is 2.00. The Morgan fingerprint density at radius 1 is 1.25 bits per heavy atom. The minimum atomic E-state index is -0.0938. The van der Waals surface area contributed by atoms with E-state index in [9.17, 15) is 4.79 Å². The maximum absolute atomic E-state index is 12.3. The summed E-state index contributed by atoms with van der Waals surface area (Å²) in [5.74, 6) is -0.0938. The van der Waals surface area contributed by atoms with E-state index < -0.39 is 0 Å². The first-order chi connectivity index (χ1) is 9.25. The first kappa shape index (κ1) is 16.5. The number of hydrogen-bond donors (Lipinski definition) is 2. The van der Waals surface area contributed by atoms with Crippen molar-refractivity contribution in [3.05, 3.63) is 29.8 Å². The number of aliphatic hydroxyl groups is 1. The largest absolute Gasteiger partial charge is 0.396 e. The zero-order valence-electron chi connectivity index (χ0n) is 13.1. The molecule has 0 aromatic heterocycles. The summed E-state index contributed by atoms with van der Waals surface area (Å²) in [5.41, 5.74) is 1.62. The van der Waals surface area contributed by atoms with Gasteiger partial charge in [-0.15, -0.1) is 0 Å². The Morgan fingerprint density at radius 3 is 2.20 bits per heavy atom. The molecule has 1 aromatic carbocycles. The zero-order valence-corrected chi connectivity index (χ0v) is 13.1. The molecule has 1 atom stereocenters. The predicted molar refractivity (Wildman–Crippen MR) is 83.2 cm³/mol. The molecule has 0 saturated carbocycles. The average molecular weight is 278 g/mol. The van der Waals surface area contributed by atoms with Crippen molar-refractivity contribution < 1.29 is 9.90 Å². The molecule has 0 aliphatic rings. The highest BCUT2D eigenvalue weighted by atomic mass is 16.3. The number of amides is 1. The van der Waals surface area contributed by atoms with Gasteiger partial charge in [0.05, 0.1) is 0 Å². The molecule has 0 saturated heterocycles. The SMILES string of the molecule is CN(C)c1ccc(C(=O)NC(CCO)C(C)(C)C)cc1. The monoisotopic (exact) mass is 278 g/mol. The van der Waals surface area contributed by atoms with Crippen LogP contribution in [0.1, 0.15) is 37.6 Å². The molecule has 112 valence electrons. The first-order valence-corrected chi connectivity index (χ1v) is 6.95. The molecule has 0 aliphatic heterocycles. The van der Waals surface area contributed by atoms with Crippen molar-refractivity contribution in [1.29, 1.82) is 0 Å². The van der Waals surface area contributed by atoms with Crippen LogP contribution in [0.2, 0.25) is 0 Å². The van der Waals surface area contributed by atoms with E-state index in [1.807, 2.05) is 43.3 Å². The first-order valence-electron chi connectivity index (χ1n) is 6.95. The molecule has 1 rings (SSSR count). The van der Waals surface area contributed by atoms with Gasteiger partial charge in [0.15, 0.2) is 0 Å². The summed E-state index contributed by atoms with van der Waals surface area (Å²) >= 11 is 0. The van der Waals surface area contributed by atoms with Gasteiger partial charge >= 0.3 is 0 Å². The topological polar surface area (TPSA) is 52.6 Å². The van der Waals surface area contributed by atoms with Crippen molar-refractivity contribution in [1.82, 2.24) is 5.32 Å². The second-order valence-electron chi connectivity index (χ2n) is 6.35. The standard InChI is InChI=1S/C16H26N2O2/c1-16(2,3)14(10-11-19)17-15(20)12-6-8-13(9-7-12)18(4)5/h6-9,14,19H,10-11H2,1-5H3,(H,17,20). The molecule has 4 nitrogen and oxygen atoms in total. The number of carbonyl (C=O) groups is 1. The van der Waals surface area contributed by atoms with Crippen LogP contribution < -0.4 is 10.2 Å². The second kappa shape index (κ2) is 6.75. The van der Waals surface area contributed by atoms with Gasteiger partial charge in [0, 0.05) is 38.0 Å². The number of hydrogen-bond acceptors (Lipinski definition) is 3. The molecule has 4 heteroatoms. The molecule has 1 aromatic rings. The third-order valence-corrected chi connectivity index (χ3v) is 3.41. The number of rotatable bonds is 5. The maximum Gasteiger partial charge on any atom is 0.251 e. The summed E-state index contributed by atoms with van der Waals surface area (Å²) in [7, 11) is 3.93. The molecular weight excluding hydrogens is 252 g/mol. The van der Waals surface area contributed by atoms with E-state index in [2.05, 4.69) is 26.1 Å². The molecule has 1 unspecified atom stereocenters. The molecule has 1 amide bonds. The highest BCUT2D eigenvalue weighted by molar-refractivity contribution is 5.94. The number of nitrogens with zero attached hydrogens (tertiary/aromatic N) is 1. The van der Waals surface area contributed by atoms with Crippen molar-refractivity contribution in [2.75, 3.05) is 25.6 Å². The van der Waals surface area contributed by atoms with Gasteiger partial charge < -0.3 is 15.3 Å². The Bertz CT molecular complexity index is 433. The number of nitrogens with one attached hydrogen (secondary N) is 1. The van der Waals surface area contributed by atoms with Crippen LogP contribution in [0.4, 0.5) is 5.69 Å². The number of carbonyl (C=O) groups excluding carboxylic acids is 1. The van der Waals surface area contributed by atoms with Gasteiger partial charge in [-0.25, -0.2) is 0 Å². The van der Waals surface area contributed by atoms with Gasteiger partial charge in [-0.3, -0.25) is 4.79 Å². The molecule has 0 fully saturated rings. The van der Waals surface area contributed by atoms with Gasteiger partial charge in [0.25, 0.3) is 5.91 Å². The van der Waals surface area contributed by atoms with Gasteiger partial charge in [0.1, 0.15) is 0 Å². The number of aliphatic hydroxyl groups excluding tert-OH is 1. The minimum absolute atomic E-state index is 0.0477. The zero-order chi connectivity index (χ0) is 15.3. The molecular formula is C16H26N2O2. The van der Waals surface area contributed by atoms with Crippen LogP contribution in [0, 0.1) is 5.41 Å². The van der Waals surface area contributed by atoms with E-state index >= 15 is 0 Å². The third-order valence-electron chi connectivity index (χ3n) is 3.41. The van der Waals surface area contributed by atoms with Crippen LogP contribution in [-0.4, -0.2) is 37.8 Å². The molecule has 0 bridgehead atoms. The van der Waals surface area contributed by atoms with Crippen molar-refractivity contribution >= 4 is 11.6 Å². The van der Waals surface area contributed by atoms with Gasteiger partial charge in [-0.05, 0) is 36.1 Å². The van der Waals surface area contributed by atoms with E-state index in [0.717, 1.165) is 5.69 Å². The smallest absolute Gasteiger partial charge is 0.251 e. The van der Waals surface area contributed by atoms with E-state index in [0.29, 0.717) is 12.0 Å². The lowest BCUT2D eigenvalue weighted by Crippen LogP contribution is -2.44. The maximum atomic E-state index is 12.3. The average Bonchev–Trinajstić information content (AvgIpc) is 2.37. The van der Waals surface area contributed by atoms with Crippen LogP contribution >= 0.6 is 0 Å².